The van der Waals surface area contributed by atoms with E-state index in [4.69, 9.17) is 0 Å². The third-order valence-corrected chi connectivity index (χ3v) is 3.91. The Balaban J connectivity index is 2.48. The van der Waals surface area contributed by atoms with Crippen molar-refractivity contribution < 1.29 is 0 Å². The topological polar surface area (TPSA) is 37.8 Å². The lowest BCUT2D eigenvalue weighted by molar-refractivity contribution is 0.269. The molecule has 0 unspecified atom stereocenters. The Kier molecular flexibility index (Phi) is 4.71. The number of aromatic nitrogens is 2. The number of hydrogen-bond acceptors (Lipinski definition) is 4. The molecule has 1 rings (SSSR count). The number of anilines is 1. The van der Waals surface area contributed by atoms with Crippen molar-refractivity contribution in [3.63, 3.8) is 0 Å². The third kappa shape index (κ3) is 3.74. The SMILES string of the molecule is CCCc1nsc(NCC(C)(C)C(C)C)n1. The summed E-state index contributed by atoms with van der Waals surface area (Å²) < 4.78 is 4.32. The van der Waals surface area contributed by atoms with Crippen LogP contribution in [0.5, 0.6) is 0 Å². The first kappa shape index (κ1) is 13.4. The molecule has 0 aromatic carbocycles. The minimum absolute atomic E-state index is 0.288. The smallest absolute Gasteiger partial charge is 0.202 e. The molecule has 0 amide bonds. The van der Waals surface area contributed by atoms with Gasteiger partial charge in [-0.2, -0.15) is 4.37 Å². The fraction of sp³-hybridized carbons (Fsp3) is 0.833. The standard InChI is InChI=1S/C12H23N3S/c1-6-7-10-14-11(16-15-10)13-8-12(4,5)9(2)3/h9H,6-8H2,1-5H3,(H,13,14,15). The van der Waals surface area contributed by atoms with Gasteiger partial charge in [-0.05, 0) is 17.8 Å². The molecule has 0 saturated heterocycles. The van der Waals surface area contributed by atoms with Crippen molar-refractivity contribution in [1.82, 2.24) is 9.36 Å². The van der Waals surface area contributed by atoms with E-state index in [-0.39, 0.29) is 5.41 Å². The van der Waals surface area contributed by atoms with E-state index in [1.165, 1.54) is 11.5 Å². The fourth-order valence-corrected chi connectivity index (χ4v) is 1.77. The van der Waals surface area contributed by atoms with Gasteiger partial charge in [-0.3, -0.25) is 0 Å². The minimum Gasteiger partial charge on any atom is -0.360 e. The van der Waals surface area contributed by atoms with Gasteiger partial charge in [0.25, 0.3) is 0 Å². The van der Waals surface area contributed by atoms with Crippen LogP contribution in [0.4, 0.5) is 5.13 Å². The molecule has 0 saturated carbocycles. The van der Waals surface area contributed by atoms with Gasteiger partial charge < -0.3 is 5.32 Å². The van der Waals surface area contributed by atoms with Crippen molar-refractivity contribution in [3.05, 3.63) is 5.82 Å². The van der Waals surface area contributed by atoms with Crippen LogP contribution in [0.15, 0.2) is 0 Å². The first-order valence-corrected chi connectivity index (χ1v) is 6.79. The monoisotopic (exact) mass is 241 g/mol. The number of rotatable bonds is 6. The second-order valence-corrected chi connectivity index (χ2v) is 6.01. The second kappa shape index (κ2) is 5.62. The first-order valence-electron chi connectivity index (χ1n) is 6.02. The Hall–Kier alpha value is -0.640. The molecule has 1 N–H and O–H groups in total. The molecule has 1 heterocycles. The Morgan fingerprint density at radius 1 is 1.38 bits per heavy atom. The summed E-state index contributed by atoms with van der Waals surface area (Å²) in [5.74, 6) is 1.63. The molecular weight excluding hydrogens is 218 g/mol. The minimum atomic E-state index is 0.288. The lowest BCUT2D eigenvalue weighted by Gasteiger charge is -2.29. The highest BCUT2D eigenvalue weighted by Gasteiger charge is 2.22. The molecule has 0 fully saturated rings. The van der Waals surface area contributed by atoms with Crippen molar-refractivity contribution in [1.29, 1.82) is 0 Å². The van der Waals surface area contributed by atoms with E-state index in [9.17, 15) is 0 Å². The average molecular weight is 241 g/mol. The average Bonchev–Trinajstić information content (AvgIpc) is 2.63. The quantitative estimate of drug-likeness (QED) is 0.827. The summed E-state index contributed by atoms with van der Waals surface area (Å²) in [5.41, 5.74) is 0.288. The predicted molar refractivity (Wildman–Crippen MR) is 71.0 cm³/mol. The summed E-state index contributed by atoms with van der Waals surface area (Å²) in [4.78, 5) is 4.46. The summed E-state index contributed by atoms with van der Waals surface area (Å²) in [7, 11) is 0. The molecule has 3 nitrogen and oxygen atoms in total. The molecule has 16 heavy (non-hydrogen) atoms. The molecule has 0 bridgehead atoms. The zero-order chi connectivity index (χ0) is 12.2. The zero-order valence-corrected chi connectivity index (χ0v) is 11.8. The van der Waals surface area contributed by atoms with Crippen molar-refractivity contribution >= 4 is 16.7 Å². The van der Waals surface area contributed by atoms with Crippen LogP contribution in [0.3, 0.4) is 0 Å². The lowest BCUT2D eigenvalue weighted by atomic mass is 9.81. The van der Waals surface area contributed by atoms with Crippen LogP contribution in [0, 0.1) is 11.3 Å². The third-order valence-electron chi connectivity index (χ3n) is 3.20. The fourth-order valence-electron chi connectivity index (χ4n) is 1.16. The summed E-state index contributed by atoms with van der Waals surface area (Å²) in [6.45, 7) is 12.2. The van der Waals surface area contributed by atoms with Crippen LogP contribution in [-0.2, 0) is 6.42 Å². The molecule has 4 heteroatoms. The molecule has 0 aliphatic rings. The van der Waals surface area contributed by atoms with Crippen LogP contribution in [0.25, 0.3) is 0 Å². The lowest BCUT2D eigenvalue weighted by Crippen LogP contribution is -2.28. The highest BCUT2D eigenvalue weighted by Crippen LogP contribution is 2.26. The number of hydrogen-bond donors (Lipinski definition) is 1. The highest BCUT2D eigenvalue weighted by molar-refractivity contribution is 7.09. The molecule has 0 aliphatic heterocycles. The summed E-state index contributed by atoms with van der Waals surface area (Å²) >= 11 is 1.47. The summed E-state index contributed by atoms with van der Waals surface area (Å²) in [5, 5.41) is 4.35. The van der Waals surface area contributed by atoms with E-state index < -0.39 is 0 Å². The van der Waals surface area contributed by atoms with E-state index in [1.807, 2.05) is 0 Å². The molecule has 1 aromatic rings. The van der Waals surface area contributed by atoms with Crippen molar-refractivity contribution in [3.8, 4) is 0 Å². The molecule has 0 spiro atoms. The van der Waals surface area contributed by atoms with Gasteiger partial charge in [0, 0.05) is 24.5 Å². The van der Waals surface area contributed by atoms with Crippen LogP contribution in [0.1, 0.15) is 46.9 Å². The van der Waals surface area contributed by atoms with Gasteiger partial charge in [0.2, 0.25) is 5.13 Å². The molecule has 0 radical (unpaired) electrons. The summed E-state index contributed by atoms with van der Waals surface area (Å²) in [6, 6.07) is 0. The van der Waals surface area contributed by atoms with Crippen LogP contribution < -0.4 is 5.32 Å². The van der Waals surface area contributed by atoms with E-state index in [2.05, 4.69) is 49.3 Å². The number of nitrogens with zero attached hydrogens (tertiary/aromatic N) is 2. The maximum Gasteiger partial charge on any atom is 0.202 e. The first-order chi connectivity index (χ1) is 7.45. The normalized spacial score (nSPS) is 12.1. The van der Waals surface area contributed by atoms with Crippen molar-refractivity contribution in [2.24, 2.45) is 11.3 Å². The van der Waals surface area contributed by atoms with Gasteiger partial charge in [0.15, 0.2) is 0 Å². The van der Waals surface area contributed by atoms with E-state index in [1.54, 1.807) is 0 Å². The van der Waals surface area contributed by atoms with Gasteiger partial charge in [0.05, 0.1) is 0 Å². The highest BCUT2D eigenvalue weighted by atomic mass is 32.1. The Bertz CT molecular complexity index is 318. The summed E-state index contributed by atoms with van der Waals surface area (Å²) in [6.07, 6.45) is 2.08. The van der Waals surface area contributed by atoms with E-state index in [0.717, 1.165) is 30.3 Å². The number of aryl methyl sites for hydroxylation is 1. The van der Waals surface area contributed by atoms with Gasteiger partial charge in [-0.25, -0.2) is 4.98 Å². The van der Waals surface area contributed by atoms with Gasteiger partial charge in [-0.1, -0.05) is 34.6 Å². The van der Waals surface area contributed by atoms with Crippen LogP contribution in [0.2, 0.25) is 0 Å². The van der Waals surface area contributed by atoms with Crippen LogP contribution in [-0.4, -0.2) is 15.9 Å². The molecule has 1 aromatic heterocycles. The van der Waals surface area contributed by atoms with Crippen molar-refractivity contribution in [2.45, 2.75) is 47.5 Å². The van der Waals surface area contributed by atoms with E-state index >= 15 is 0 Å². The Morgan fingerprint density at radius 3 is 2.62 bits per heavy atom. The van der Waals surface area contributed by atoms with Gasteiger partial charge >= 0.3 is 0 Å². The second-order valence-electron chi connectivity index (χ2n) is 5.26. The molecular formula is C12H23N3S. The molecule has 0 atom stereocenters. The van der Waals surface area contributed by atoms with Gasteiger partial charge in [-0.15, -0.1) is 0 Å². The van der Waals surface area contributed by atoms with Crippen LogP contribution >= 0.6 is 11.5 Å². The van der Waals surface area contributed by atoms with Gasteiger partial charge in [0.1, 0.15) is 5.82 Å². The predicted octanol–water partition coefficient (Wildman–Crippen LogP) is 3.58. The van der Waals surface area contributed by atoms with E-state index in [0.29, 0.717) is 5.92 Å². The molecule has 0 aliphatic carbocycles. The molecule has 92 valence electrons. The maximum absolute atomic E-state index is 4.46. The Labute approximate surface area is 103 Å². The zero-order valence-electron chi connectivity index (χ0n) is 11.0. The Morgan fingerprint density at radius 2 is 2.06 bits per heavy atom. The van der Waals surface area contributed by atoms with Crippen molar-refractivity contribution in [2.75, 3.05) is 11.9 Å². The number of nitrogens with one attached hydrogen (secondary N) is 1. The maximum atomic E-state index is 4.46. The largest absolute Gasteiger partial charge is 0.360 e.